The van der Waals surface area contributed by atoms with Crippen LogP contribution in [0.4, 0.5) is 17.6 Å². The fourth-order valence-corrected chi connectivity index (χ4v) is 4.40. The zero-order chi connectivity index (χ0) is 20.1. The number of hydrogen-bond acceptors (Lipinski definition) is 7. The number of para-hydroxylation sites is 1. The molecule has 1 aliphatic heterocycles. The number of aromatic nitrogens is 3. The molecule has 0 bridgehead atoms. The first-order valence-corrected chi connectivity index (χ1v) is 10.8. The van der Waals surface area contributed by atoms with E-state index in [1.807, 2.05) is 31.2 Å². The second-order valence-electron chi connectivity index (χ2n) is 7.40. The highest BCUT2D eigenvalue weighted by Crippen LogP contribution is 2.18. The number of aryl methyl sites for hydroxylation is 1. The van der Waals surface area contributed by atoms with Crippen molar-refractivity contribution in [3.63, 3.8) is 0 Å². The molecule has 8 heteroatoms. The van der Waals surface area contributed by atoms with Crippen molar-refractivity contribution in [2.75, 3.05) is 24.2 Å². The Morgan fingerprint density at radius 1 is 1.17 bits per heavy atom. The molecule has 1 aromatic carbocycles. The molecule has 3 heterocycles. The van der Waals surface area contributed by atoms with Gasteiger partial charge in [0.2, 0.25) is 11.9 Å². The van der Waals surface area contributed by atoms with Crippen LogP contribution in [0.3, 0.4) is 0 Å². The summed E-state index contributed by atoms with van der Waals surface area (Å²) in [6, 6.07) is 12.3. The van der Waals surface area contributed by atoms with Crippen molar-refractivity contribution in [1.82, 2.24) is 15.0 Å². The van der Waals surface area contributed by atoms with Crippen molar-refractivity contribution in [1.29, 1.82) is 0 Å². The Hall–Kier alpha value is -2.55. The van der Waals surface area contributed by atoms with Gasteiger partial charge in [-0.15, -0.1) is 11.3 Å². The quantitative estimate of drug-likeness (QED) is 0.527. The summed E-state index contributed by atoms with van der Waals surface area (Å²) in [6.07, 6.45) is 2.56. The molecular formula is C21H27N6OS+. The summed E-state index contributed by atoms with van der Waals surface area (Å²) in [5.41, 5.74) is 8.08. The van der Waals surface area contributed by atoms with Crippen LogP contribution in [0.2, 0.25) is 0 Å². The molecule has 0 spiro atoms. The van der Waals surface area contributed by atoms with E-state index in [4.69, 9.17) is 10.5 Å². The fraction of sp³-hybridized carbons (Fsp3) is 0.381. The van der Waals surface area contributed by atoms with Crippen molar-refractivity contribution in [2.24, 2.45) is 0 Å². The maximum Gasteiger partial charge on any atom is 0.232 e. The van der Waals surface area contributed by atoms with Gasteiger partial charge in [0.25, 0.3) is 0 Å². The minimum atomic E-state index is 0.235. The number of rotatable bonds is 8. The Morgan fingerprint density at radius 2 is 2.07 bits per heavy atom. The Bertz CT molecular complexity index is 927. The normalized spacial score (nSPS) is 17.3. The molecule has 152 valence electrons. The number of nitrogen functional groups attached to an aromatic ring is 1. The van der Waals surface area contributed by atoms with Gasteiger partial charge in [0.15, 0.2) is 5.82 Å². The lowest BCUT2D eigenvalue weighted by Gasteiger charge is -2.21. The van der Waals surface area contributed by atoms with Crippen molar-refractivity contribution < 1.29 is 9.64 Å². The van der Waals surface area contributed by atoms with E-state index in [9.17, 15) is 0 Å². The molecule has 0 saturated carbocycles. The minimum absolute atomic E-state index is 0.235. The number of anilines is 3. The molecule has 1 saturated heterocycles. The van der Waals surface area contributed by atoms with E-state index in [1.165, 1.54) is 9.78 Å². The lowest BCUT2D eigenvalue weighted by atomic mass is 10.2. The summed E-state index contributed by atoms with van der Waals surface area (Å²) in [5.74, 6) is 1.41. The van der Waals surface area contributed by atoms with Crippen LogP contribution in [0.5, 0.6) is 0 Å². The van der Waals surface area contributed by atoms with E-state index >= 15 is 0 Å². The molecule has 0 radical (unpaired) electrons. The highest BCUT2D eigenvalue weighted by molar-refractivity contribution is 7.09. The van der Waals surface area contributed by atoms with E-state index in [1.54, 1.807) is 11.3 Å². The molecule has 2 aromatic heterocycles. The molecule has 3 aromatic rings. The van der Waals surface area contributed by atoms with E-state index in [0.29, 0.717) is 24.4 Å². The van der Waals surface area contributed by atoms with Crippen LogP contribution < -0.4 is 16.0 Å². The van der Waals surface area contributed by atoms with Crippen molar-refractivity contribution >= 4 is 28.9 Å². The predicted molar refractivity (Wildman–Crippen MR) is 115 cm³/mol. The van der Waals surface area contributed by atoms with Gasteiger partial charge in [0, 0.05) is 12.3 Å². The molecule has 1 aliphatic rings. The van der Waals surface area contributed by atoms with E-state index in [2.05, 4.69) is 37.8 Å². The van der Waals surface area contributed by atoms with Crippen LogP contribution in [0, 0.1) is 6.92 Å². The largest absolute Gasteiger partial charge is 0.372 e. The number of quaternary nitrogens is 1. The Morgan fingerprint density at radius 3 is 2.83 bits per heavy atom. The predicted octanol–water partition coefficient (Wildman–Crippen LogP) is 2.33. The van der Waals surface area contributed by atoms with Crippen molar-refractivity contribution in [2.45, 2.75) is 39.0 Å². The first kappa shape index (κ1) is 19.8. The van der Waals surface area contributed by atoms with Crippen molar-refractivity contribution in [3.05, 3.63) is 58.0 Å². The van der Waals surface area contributed by atoms with Crippen LogP contribution in [0.15, 0.2) is 41.8 Å². The van der Waals surface area contributed by atoms with Gasteiger partial charge in [-0.25, -0.2) is 0 Å². The lowest BCUT2D eigenvalue weighted by Crippen LogP contribution is -3.10. The molecular weight excluding hydrogens is 384 g/mol. The van der Waals surface area contributed by atoms with Gasteiger partial charge in [-0.3, -0.25) is 0 Å². The average molecular weight is 412 g/mol. The fourth-order valence-electron chi connectivity index (χ4n) is 3.62. The Kier molecular flexibility index (Phi) is 6.33. The summed E-state index contributed by atoms with van der Waals surface area (Å²) in [7, 11) is 0. The van der Waals surface area contributed by atoms with Crippen LogP contribution in [-0.4, -0.2) is 34.2 Å². The minimum Gasteiger partial charge on any atom is -0.372 e. The maximum atomic E-state index is 5.99. The molecule has 0 amide bonds. The average Bonchev–Trinajstić information content (AvgIpc) is 3.37. The number of thiophene rings is 1. The van der Waals surface area contributed by atoms with E-state index in [0.717, 1.165) is 43.8 Å². The van der Waals surface area contributed by atoms with Gasteiger partial charge in [-0.1, -0.05) is 24.3 Å². The molecule has 29 heavy (non-hydrogen) atoms. The SMILES string of the molecule is Cc1ccccc1Nc1nc(N)nc(C[NH+](Cc2cccs2)C[C@@H]2CCCO2)n1. The second kappa shape index (κ2) is 9.30. The van der Waals surface area contributed by atoms with Gasteiger partial charge in [-0.2, -0.15) is 15.0 Å². The Labute approximate surface area is 175 Å². The number of nitrogens with zero attached hydrogens (tertiary/aromatic N) is 3. The van der Waals surface area contributed by atoms with Crippen LogP contribution in [0.1, 0.15) is 29.1 Å². The molecule has 1 unspecified atom stereocenters. The standard InChI is InChI=1S/C21H26N6OS/c1-15-6-2-3-9-18(15)23-21-25-19(24-20(22)26-21)14-27(12-16-7-4-10-28-16)13-17-8-5-11-29-17/h2-3,5-6,8-9,11,16H,4,7,10,12-14H2,1H3,(H3,22,23,24,25,26)/p+1/t16-/m0/s1. The zero-order valence-corrected chi connectivity index (χ0v) is 17.4. The number of nitrogens with two attached hydrogens (primary N) is 1. The van der Waals surface area contributed by atoms with Crippen molar-refractivity contribution in [3.8, 4) is 0 Å². The van der Waals surface area contributed by atoms with Gasteiger partial charge in [0.1, 0.15) is 25.7 Å². The summed E-state index contributed by atoms with van der Waals surface area (Å²) in [6.45, 7) is 5.43. The van der Waals surface area contributed by atoms with Crippen LogP contribution in [0.25, 0.3) is 0 Å². The van der Waals surface area contributed by atoms with Crippen LogP contribution >= 0.6 is 11.3 Å². The zero-order valence-electron chi connectivity index (χ0n) is 16.6. The second-order valence-corrected chi connectivity index (χ2v) is 8.43. The third-order valence-corrected chi connectivity index (χ3v) is 5.92. The lowest BCUT2D eigenvalue weighted by molar-refractivity contribution is -0.930. The summed E-state index contributed by atoms with van der Waals surface area (Å²) >= 11 is 1.78. The topological polar surface area (TPSA) is 90.4 Å². The van der Waals surface area contributed by atoms with Crippen LogP contribution in [-0.2, 0) is 17.8 Å². The third-order valence-electron chi connectivity index (χ3n) is 5.04. The summed E-state index contributed by atoms with van der Waals surface area (Å²) < 4.78 is 5.87. The number of nitrogens with one attached hydrogen (secondary N) is 2. The third kappa shape index (κ3) is 5.50. The van der Waals surface area contributed by atoms with E-state index in [-0.39, 0.29) is 5.95 Å². The molecule has 0 aliphatic carbocycles. The molecule has 2 atom stereocenters. The van der Waals surface area contributed by atoms with Gasteiger partial charge >= 0.3 is 0 Å². The molecule has 7 nitrogen and oxygen atoms in total. The maximum absolute atomic E-state index is 5.99. The first-order chi connectivity index (χ1) is 14.2. The number of benzene rings is 1. The Balaban J connectivity index is 1.51. The van der Waals surface area contributed by atoms with Gasteiger partial charge < -0.3 is 20.7 Å². The van der Waals surface area contributed by atoms with Gasteiger partial charge in [-0.05, 0) is 42.8 Å². The molecule has 4 rings (SSSR count). The number of ether oxygens (including phenoxy) is 1. The molecule has 1 fully saturated rings. The smallest absolute Gasteiger partial charge is 0.232 e. The highest BCUT2D eigenvalue weighted by atomic mass is 32.1. The number of hydrogen-bond donors (Lipinski definition) is 3. The van der Waals surface area contributed by atoms with Gasteiger partial charge in [0.05, 0.1) is 4.88 Å². The first-order valence-electron chi connectivity index (χ1n) is 9.96. The summed E-state index contributed by atoms with van der Waals surface area (Å²) in [4.78, 5) is 16.0. The van der Waals surface area contributed by atoms with E-state index < -0.39 is 0 Å². The monoisotopic (exact) mass is 411 g/mol. The molecule has 4 N–H and O–H groups in total. The summed E-state index contributed by atoms with van der Waals surface area (Å²) in [5, 5.41) is 5.39. The highest BCUT2D eigenvalue weighted by Gasteiger charge is 2.24.